The highest BCUT2D eigenvalue weighted by molar-refractivity contribution is 5.71. The molecule has 0 aliphatic rings. The maximum Gasteiger partial charge on any atom is 0.315 e. The lowest BCUT2D eigenvalue weighted by atomic mass is 10.2. The highest BCUT2D eigenvalue weighted by Gasteiger charge is 2.05. The molecule has 1 radical (unpaired) electrons. The van der Waals surface area contributed by atoms with Gasteiger partial charge in [-0.15, -0.1) is 0 Å². The fraction of sp³-hybridized carbons (Fsp3) is 0. The fourth-order valence-electron chi connectivity index (χ4n) is 1.14. The van der Waals surface area contributed by atoms with Crippen LogP contribution in [0.5, 0.6) is 0 Å². The molecule has 1 amide bonds. The summed E-state index contributed by atoms with van der Waals surface area (Å²) in [4.78, 5) is 10.00. The second kappa shape index (κ2) is 3.91. The summed E-state index contributed by atoms with van der Waals surface area (Å²) in [5.74, 6) is 0.398. The molecule has 0 fully saturated rings. The normalized spacial score (nSPS) is 9.93. The van der Waals surface area contributed by atoms with Gasteiger partial charge in [0, 0.05) is 11.6 Å². The van der Waals surface area contributed by atoms with Crippen molar-refractivity contribution in [2.75, 3.05) is 5.32 Å². The molecule has 0 atom stereocenters. The average molecular weight is 205 g/mol. The second-order valence-corrected chi connectivity index (χ2v) is 2.81. The van der Waals surface area contributed by atoms with Gasteiger partial charge in [-0.3, -0.25) is 10.1 Å². The Labute approximate surface area is 84.7 Å². The minimum atomic E-state index is -0.321. The number of carbonyl (C=O) groups excluding carboxylic acids is 1. The number of benzene rings is 1. The van der Waals surface area contributed by atoms with Crippen molar-refractivity contribution in [3.63, 3.8) is 0 Å². The van der Waals surface area contributed by atoms with Gasteiger partial charge in [-0.2, -0.15) is 0 Å². The molecule has 0 bridgehead atoms. The molecule has 15 heavy (non-hydrogen) atoms. The highest BCUT2D eigenvalue weighted by atomic mass is 19.1. The predicted molar refractivity (Wildman–Crippen MR) is 51.2 cm³/mol. The van der Waals surface area contributed by atoms with Crippen molar-refractivity contribution in [3.8, 4) is 11.3 Å². The maximum absolute atomic E-state index is 12.6. The molecular formula is C10H6FN2O2. The number of anilines is 1. The number of nitrogens with zero attached hydrogens (tertiary/aromatic N) is 1. The van der Waals surface area contributed by atoms with Crippen molar-refractivity contribution >= 4 is 12.2 Å². The van der Waals surface area contributed by atoms with E-state index in [1.165, 1.54) is 24.6 Å². The van der Waals surface area contributed by atoms with Crippen LogP contribution in [0, 0.1) is 5.82 Å². The van der Waals surface area contributed by atoms with E-state index in [-0.39, 0.29) is 11.6 Å². The van der Waals surface area contributed by atoms with Crippen LogP contribution < -0.4 is 5.32 Å². The van der Waals surface area contributed by atoms with E-state index in [4.69, 9.17) is 4.52 Å². The summed E-state index contributed by atoms with van der Waals surface area (Å²) in [5, 5.41) is 5.79. The summed E-state index contributed by atoms with van der Waals surface area (Å²) >= 11 is 0. The largest absolute Gasteiger partial charge is 0.354 e. The third-order valence-electron chi connectivity index (χ3n) is 1.82. The van der Waals surface area contributed by atoms with Crippen LogP contribution in [-0.4, -0.2) is 11.6 Å². The van der Waals surface area contributed by atoms with E-state index in [1.807, 2.05) is 0 Å². The molecule has 1 heterocycles. The van der Waals surface area contributed by atoms with Crippen LogP contribution in [0.1, 0.15) is 0 Å². The Hall–Kier alpha value is -2.17. The van der Waals surface area contributed by atoms with Gasteiger partial charge in [0.2, 0.25) is 0 Å². The van der Waals surface area contributed by atoms with Crippen molar-refractivity contribution < 1.29 is 13.7 Å². The fourth-order valence-corrected chi connectivity index (χ4v) is 1.14. The topological polar surface area (TPSA) is 55.1 Å². The molecule has 0 unspecified atom stereocenters. The smallest absolute Gasteiger partial charge is 0.315 e. The third kappa shape index (κ3) is 2.01. The first-order valence-electron chi connectivity index (χ1n) is 4.15. The number of rotatable bonds is 3. The molecule has 1 aromatic carbocycles. The van der Waals surface area contributed by atoms with Gasteiger partial charge in [0.05, 0.1) is 0 Å². The summed E-state index contributed by atoms with van der Waals surface area (Å²) in [6.07, 6.45) is 1.48. The molecule has 0 spiro atoms. The van der Waals surface area contributed by atoms with Gasteiger partial charge in [0.1, 0.15) is 5.82 Å². The summed E-state index contributed by atoms with van der Waals surface area (Å²) in [7, 11) is 0. The molecule has 0 saturated heterocycles. The van der Waals surface area contributed by atoms with Gasteiger partial charge in [-0.05, 0) is 24.3 Å². The first-order chi connectivity index (χ1) is 7.29. The second-order valence-electron chi connectivity index (χ2n) is 2.81. The Morgan fingerprint density at radius 1 is 1.33 bits per heavy atom. The summed E-state index contributed by atoms with van der Waals surface area (Å²) in [5.41, 5.74) is 0.683. The minimum Gasteiger partial charge on any atom is -0.354 e. The number of amides is 1. The first-order valence-corrected chi connectivity index (χ1v) is 4.15. The van der Waals surface area contributed by atoms with E-state index < -0.39 is 0 Å². The van der Waals surface area contributed by atoms with Crippen LogP contribution in [-0.2, 0) is 4.79 Å². The van der Waals surface area contributed by atoms with Gasteiger partial charge >= 0.3 is 6.41 Å². The van der Waals surface area contributed by atoms with Crippen LogP contribution in [0.4, 0.5) is 10.2 Å². The van der Waals surface area contributed by atoms with Crippen molar-refractivity contribution in [1.82, 2.24) is 5.16 Å². The van der Waals surface area contributed by atoms with E-state index in [1.54, 1.807) is 12.1 Å². The van der Waals surface area contributed by atoms with Gasteiger partial charge in [-0.25, -0.2) is 4.39 Å². The van der Waals surface area contributed by atoms with Crippen LogP contribution >= 0.6 is 0 Å². The number of hydrogen-bond acceptors (Lipinski definition) is 3. The molecule has 1 N–H and O–H groups in total. The Morgan fingerprint density at radius 2 is 2.07 bits per heavy atom. The molecule has 75 valence electrons. The lowest BCUT2D eigenvalue weighted by molar-refractivity contribution is 0.435. The highest BCUT2D eigenvalue weighted by Crippen LogP contribution is 2.22. The Balaban J connectivity index is 2.28. The number of hydrogen-bond donors (Lipinski definition) is 1. The van der Waals surface area contributed by atoms with Crippen molar-refractivity contribution in [2.24, 2.45) is 0 Å². The van der Waals surface area contributed by atoms with E-state index in [0.29, 0.717) is 11.3 Å². The van der Waals surface area contributed by atoms with E-state index >= 15 is 0 Å². The molecule has 1 aromatic heterocycles. The lowest BCUT2D eigenvalue weighted by Gasteiger charge is -1.93. The molecule has 5 heteroatoms. The molecule has 0 aliphatic carbocycles. The minimum absolute atomic E-state index is 0.268. The van der Waals surface area contributed by atoms with E-state index in [0.717, 1.165) is 0 Å². The van der Waals surface area contributed by atoms with Crippen LogP contribution in [0.15, 0.2) is 34.9 Å². The Morgan fingerprint density at radius 3 is 2.73 bits per heavy atom. The van der Waals surface area contributed by atoms with E-state index in [2.05, 4.69) is 10.5 Å². The van der Waals surface area contributed by atoms with Gasteiger partial charge in [0.25, 0.3) is 0 Å². The van der Waals surface area contributed by atoms with Crippen molar-refractivity contribution in [3.05, 3.63) is 36.1 Å². The number of halogens is 1. The van der Waals surface area contributed by atoms with Crippen LogP contribution in [0.2, 0.25) is 0 Å². The Kier molecular flexibility index (Phi) is 2.45. The first kappa shape index (κ1) is 9.39. The van der Waals surface area contributed by atoms with Gasteiger partial charge in [0.15, 0.2) is 11.6 Å². The molecular weight excluding hydrogens is 199 g/mol. The summed E-state index contributed by atoms with van der Waals surface area (Å²) < 4.78 is 17.5. The molecule has 0 aliphatic heterocycles. The van der Waals surface area contributed by atoms with Gasteiger partial charge in [-0.1, -0.05) is 5.16 Å². The van der Waals surface area contributed by atoms with Crippen LogP contribution in [0.25, 0.3) is 11.3 Å². The average Bonchev–Trinajstić information content (AvgIpc) is 2.68. The van der Waals surface area contributed by atoms with Crippen molar-refractivity contribution in [2.45, 2.75) is 0 Å². The quantitative estimate of drug-likeness (QED) is 0.779. The standard InChI is InChI=1S/C10H6FN2O2/c11-8-3-1-7(2-4-8)9-5-10(12-6-14)13-15-9/h1-5H,(H,12,13,14). The monoisotopic (exact) mass is 205 g/mol. The maximum atomic E-state index is 12.6. The SMILES string of the molecule is O=[C]Nc1cc(-c2ccc(F)cc2)on1. The number of aromatic nitrogens is 1. The van der Waals surface area contributed by atoms with Crippen molar-refractivity contribution in [1.29, 1.82) is 0 Å². The molecule has 2 rings (SSSR count). The molecule has 4 nitrogen and oxygen atoms in total. The molecule has 2 aromatic rings. The van der Waals surface area contributed by atoms with E-state index in [9.17, 15) is 9.18 Å². The third-order valence-corrected chi connectivity index (χ3v) is 1.82. The zero-order valence-corrected chi connectivity index (χ0v) is 7.53. The summed E-state index contributed by atoms with van der Waals surface area (Å²) in [6, 6.07) is 7.28. The summed E-state index contributed by atoms with van der Waals surface area (Å²) in [6.45, 7) is 0. The predicted octanol–water partition coefficient (Wildman–Crippen LogP) is 1.96. The zero-order valence-electron chi connectivity index (χ0n) is 7.53. The zero-order chi connectivity index (χ0) is 10.7. The van der Waals surface area contributed by atoms with Gasteiger partial charge < -0.3 is 4.52 Å². The molecule has 0 saturated carbocycles. The lowest BCUT2D eigenvalue weighted by Crippen LogP contribution is -1.91. The number of nitrogens with one attached hydrogen (secondary N) is 1. The Bertz CT molecular complexity index is 465. The van der Waals surface area contributed by atoms with Crippen LogP contribution in [0.3, 0.4) is 0 Å².